The van der Waals surface area contributed by atoms with Crippen LogP contribution in [0.25, 0.3) is 10.8 Å². The van der Waals surface area contributed by atoms with Gasteiger partial charge in [-0.1, -0.05) is 6.07 Å². The molecule has 2 rings (SSSR count). The molecular formula is C12H14N2O3S. The van der Waals surface area contributed by atoms with Gasteiger partial charge in [0.05, 0.1) is 24.2 Å². The summed E-state index contributed by atoms with van der Waals surface area (Å²) in [7, 11) is 3.21. The van der Waals surface area contributed by atoms with E-state index in [4.69, 9.17) is 4.42 Å². The normalized spacial score (nSPS) is 10.8. The second kappa shape index (κ2) is 5.79. The smallest absolute Gasteiger partial charge is 0.319 e. The van der Waals surface area contributed by atoms with Gasteiger partial charge in [-0.05, 0) is 18.5 Å². The Labute approximate surface area is 109 Å². The van der Waals surface area contributed by atoms with Crippen LogP contribution in [0.15, 0.2) is 28.2 Å². The third kappa shape index (κ3) is 3.18. The van der Waals surface area contributed by atoms with E-state index in [2.05, 4.69) is 9.72 Å². The van der Waals surface area contributed by atoms with Gasteiger partial charge in [-0.25, -0.2) is 4.98 Å². The second-order valence-corrected chi connectivity index (χ2v) is 4.82. The molecule has 0 saturated heterocycles. The van der Waals surface area contributed by atoms with Crippen molar-refractivity contribution in [1.29, 1.82) is 0 Å². The zero-order valence-corrected chi connectivity index (χ0v) is 11.1. The van der Waals surface area contributed by atoms with E-state index in [9.17, 15) is 4.79 Å². The first-order valence-corrected chi connectivity index (χ1v) is 6.30. The predicted octanol–water partition coefficient (Wildman–Crippen LogP) is 2.01. The Morgan fingerprint density at radius 3 is 3.11 bits per heavy atom. The van der Waals surface area contributed by atoms with Crippen LogP contribution in [0, 0.1) is 0 Å². The molecule has 96 valence electrons. The molecule has 2 heterocycles. The number of oxazole rings is 1. The van der Waals surface area contributed by atoms with Gasteiger partial charge in [0.1, 0.15) is 6.26 Å². The molecule has 0 unspecified atom stereocenters. The van der Waals surface area contributed by atoms with Crippen LogP contribution in [0.3, 0.4) is 0 Å². The summed E-state index contributed by atoms with van der Waals surface area (Å²) in [4.78, 5) is 18.3. The predicted molar refractivity (Wildman–Crippen MR) is 68.2 cm³/mol. The molecule has 6 heteroatoms. The lowest BCUT2D eigenvalue weighted by Crippen LogP contribution is -2.26. The van der Waals surface area contributed by atoms with Gasteiger partial charge in [0.15, 0.2) is 0 Å². The summed E-state index contributed by atoms with van der Waals surface area (Å²) in [5.74, 6) is 0.353. The topological polar surface area (TPSA) is 55.6 Å². The summed E-state index contributed by atoms with van der Waals surface area (Å²) < 4.78 is 10.00. The third-order valence-corrected chi connectivity index (χ3v) is 3.20. The molecule has 0 amide bonds. The van der Waals surface area contributed by atoms with Crippen molar-refractivity contribution in [2.24, 2.45) is 0 Å². The van der Waals surface area contributed by atoms with E-state index in [-0.39, 0.29) is 12.5 Å². The first-order valence-electron chi connectivity index (χ1n) is 5.42. The van der Waals surface area contributed by atoms with Gasteiger partial charge in [-0.3, -0.25) is 9.69 Å². The van der Waals surface area contributed by atoms with E-state index in [0.29, 0.717) is 12.4 Å². The SMILES string of the molecule is COC(=O)CN(C)Cc1coc(-c2cccs2)n1. The quantitative estimate of drug-likeness (QED) is 0.775. The highest BCUT2D eigenvalue weighted by atomic mass is 32.1. The van der Waals surface area contributed by atoms with Crippen LogP contribution < -0.4 is 0 Å². The van der Waals surface area contributed by atoms with Crippen LogP contribution in [0.2, 0.25) is 0 Å². The maximum absolute atomic E-state index is 11.1. The van der Waals surface area contributed by atoms with Crippen molar-refractivity contribution in [2.75, 3.05) is 20.7 Å². The monoisotopic (exact) mass is 266 g/mol. The first kappa shape index (κ1) is 12.8. The summed E-state index contributed by atoms with van der Waals surface area (Å²) in [6.45, 7) is 0.779. The number of esters is 1. The van der Waals surface area contributed by atoms with Gasteiger partial charge in [0.2, 0.25) is 5.89 Å². The summed E-state index contributed by atoms with van der Waals surface area (Å²) in [5, 5.41) is 1.97. The first-order chi connectivity index (χ1) is 8.69. The van der Waals surface area contributed by atoms with Gasteiger partial charge in [-0.15, -0.1) is 11.3 Å². The zero-order valence-electron chi connectivity index (χ0n) is 10.3. The van der Waals surface area contributed by atoms with E-state index in [1.807, 2.05) is 29.5 Å². The summed E-state index contributed by atoms with van der Waals surface area (Å²) >= 11 is 1.58. The van der Waals surface area contributed by atoms with Crippen molar-refractivity contribution in [3.63, 3.8) is 0 Å². The van der Waals surface area contributed by atoms with Crippen LogP contribution in [0.4, 0.5) is 0 Å². The standard InChI is InChI=1S/C12H14N2O3S/c1-14(7-11(15)16-2)6-9-8-17-12(13-9)10-4-3-5-18-10/h3-5,8H,6-7H2,1-2H3. The number of thiophene rings is 1. The lowest BCUT2D eigenvalue weighted by Gasteiger charge is -2.12. The Morgan fingerprint density at radius 2 is 2.44 bits per heavy atom. The van der Waals surface area contributed by atoms with Crippen molar-refractivity contribution in [1.82, 2.24) is 9.88 Å². The lowest BCUT2D eigenvalue weighted by molar-refractivity contribution is -0.141. The largest absolute Gasteiger partial charge is 0.468 e. The fourth-order valence-corrected chi connectivity index (χ4v) is 2.17. The molecule has 5 nitrogen and oxygen atoms in total. The van der Waals surface area contributed by atoms with Gasteiger partial charge in [0.25, 0.3) is 0 Å². The lowest BCUT2D eigenvalue weighted by atomic mass is 10.4. The highest BCUT2D eigenvalue weighted by molar-refractivity contribution is 7.13. The molecule has 0 aromatic carbocycles. The number of nitrogens with zero attached hydrogens (tertiary/aromatic N) is 2. The van der Waals surface area contributed by atoms with Crippen molar-refractivity contribution < 1.29 is 13.9 Å². The minimum atomic E-state index is -0.264. The average molecular weight is 266 g/mol. The summed E-state index contributed by atoms with van der Waals surface area (Å²) in [6.07, 6.45) is 1.61. The zero-order chi connectivity index (χ0) is 13.0. The number of likely N-dealkylation sites (N-methyl/N-ethyl adjacent to an activating group) is 1. The van der Waals surface area contributed by atoms with Crippen LogP contribution in [0.1, 0.15) is 5.69 Å². The molecule has 18 heavy (non-hydrogen) atoms. The van der Waals surface area contributed by atoms with Crippen molar-refractivity contribution >= 4 is 17.3 Å². The van der Waals surface area contributed by atoms with E-state index in [1.54, 1.807) is 17.6 Å². The number of rotatable bonds is 5. The van der Waals surface area contributed by atoms with E-state index in [0.717, 1.165) is 10.6 Å². The second-order valence-electron chi connectivity index (χ2n) is 3.87. The van der Waals surface area contributed by atoms with Gasteiger partial charge >= 0.3 is 5.97 Å². The van der Waals surface area contributed by atoms with Crippen LogP contribution in [0.5, 0.6) is 0 Å². The van der Waals surface area contributed by atoms with E-state index in [1.165, 1.54) is 7.11 Å². The average Bonchev–Trinajstić information content (AvgIpc) is 2.98. The van der Waals surface area contributed by atoms with Gasteiger partial charge in [0, 0.05) is 6.54 Å². The maximum Gasteiger partial charge on any atom is 0.319 e. The summed E-state index contributed by atoms with van der Waals surface area (Å²) in [6, 6.07) is 3.91. The fourth-order valence-electron chi connectivity index (χ4n) is 1.51. The van der Waals surface area contributed by atoms with E-state index < -0.39 is 0 Å². The highest BCUT2D eigenvalue weighted by Gasteiger charge is 2.11. The summed E-state index contributed by atoms with van der Waals surface area (Å²) in [5.41, 5.74) is 0.796. The van der Waals surface area contributed by atoms with Crippen LogP contribution in [-0.4, -0.2) is 36.6 Å². The number of carbonyl (C=O) groups is 1. The number of hydrogen-bond donors (Lipinski definition) is 0. The molecule has 2 aromatic rings. The maximum atomic E-state index is 11.1. The van der Waals surface area contributed by atoms with Crippen LogP contribution in [-0.2, 0) is 16.1 Å². The van der Waals surface area contributed by atoms with E-state index >= 15 is 0 Å². The van der Waals surface area contributed by atoms with Crippen molar-refractivity contribution in [3.05, 3.63) is 29.5 Å². The molecule has 0 saturated carbocycles. The molecule has 0 radical (unpaired) electrons. The molecule has 0 aliphatic heterocycles. The molecule has 0 aliphatic rings. The van der Waals surface area contributed by atoms with Gasteiger partial charge < -0.3 is 9.15 Å². The minimum absolute atomic E-state index is 0.234. The van der Waals surface area contributed by atoms with Crippen molar-refractivity contribution in [3.8, 4) is 10.8 Å². The minimum Gasteiger partial charge on any atom is -0.468 e. The highest BCUT2D eigenvalue weighted by Crippen LogP contribution is 2.23. The molecule has 0 bridgehead atoms. The molecule has 0 aliphatic carbocycles. The number of aromatic nitrogens is 1. The molecular weight excluding hydrogens is 252 g/mol. The van der Waals surface area contributed by atoms with Crippen LogP contribution >= 0.6 is 11.3 Å². The number of carbonyl (C=O) groups excluding carboxylic acids is 1. The van der Waals surface area contributed by atoms with Gasteiger partial charge in [-0.2, -0.15) is 0 Å². The molecule has 0 atom stereocenters. The Balaban J connectivity index is 1.96. The third-order valence-electron chi connectivity index (χ3n) is 2.34. The number of ether oxygens (including phenoxy) is 1. The Morgan fingerprint density at radius 1 is 1.61 bits per heavy atom. The number of hydrogen-bond acceptors (Lipinski definition) is 6. The number of methoxy groups -OCH3 is 1. The Kier molecular flexibility index (Phi) is 4.11. The molecule has 0 N–H and O–H groups in total. The Bertz CT molecular complexity index is 507. The molecule has 0 spiro atoms. The molecule has 2 aromatic heterocycles. The Hall–Kier alpha value is -1.66. The molecule has 0 fully saturated rings. The van der Waals surface area contributed by atoms with Crippen molar-refractivity contribution in [2.45, 2.75) is 6.54 Å². The fraction of sp³-hybridized carbons (Fsp3) is 0.333.